The lowest BCUT2D eigenvalue weighted by Crippen LogP contribution is -2.53. The number of benzene rings is 2. The van der Waals surface area contributed by atoms with Crippen LogP contribution in [0.1, 0.15) is 41.2 Å². The highest BCUT2D eigenvalue weighted by atomic mass is 19.4. The van der Waals surface area contributed by atoms with Gasteiger partial charge in [0, 0.05) is 26.7 Å². The molecule has 0 spiro atoms. The van der Waals surface area contributed by atoms with Crippen molar-refractivity contribution in [2.45, 2.75) is 32.5 Å². The number of carbonyl (C=O) groups excluding carboxylic acids is 1. The maximum atomic E-state index is 13.0. The summed E-state index contributed by atoms with van der Waals surface area (Å²) >= 11 is 0. The number of fused-ring (bicyclic) bond motifs is 1. The number of halogens is 3. The largest absolute Gasteiger partial charge is 0.489 e. The number of amides is 1. The zero-order valence-electron chi connectivity index (χ0n) is 19.1. The fraction of sp³-hybridized carbons (Fsp3) is 0.385. The van der Waals surface area contributed by atoms with E-state index in [4.69, 9.17) is 10.00 Å². The minimum atomic E-state index is -4.56. The van der Waals surface area contributed by atoms with Crippen molar-refractivity contribution in [3.8, 4) is 11.8 Å². The van der Waals surface area contributed by atoms with Gasteiger partial charge in [-0.05, 0) is 66.3 Å². The van der Waals surface area contributed by atoms with Crippen molar-refractivity contribution in [3.63, 3.8) is 0 Å². The number of carbonyl (C=O) groups is 1. The van der Waals surface area contributed by atoms with Crippen LogP contribution < -0.4 is 10.1 Å². The van der Waals surface area contributed by atoms with Crippen LogP contribution in [0.25, 0.3) is 5.57 Å². The zero-order valence-corrected chi connectivity index (χ0v) is 19.1. The molecule has 1 heterocycles. The molecule has 1 fully saturated rings. The Labute approximate surface area is 196 Å². The first-order chi connectivity index (χ1) is 16.2. The minimum Gasteiger partial charge on any atom is -0.489 e. The van der Waals surface area contributed by atoms with Gasteiger partial charge in [0.25, 0.3) is 0 Å². The third-order valence-corrected chi connectivity index (χ3v) is 6.61. The Balaban J connectivity index is 1.40. The number of hydrogen-bond donors (Lipinski definition) is 1. The van der Waals surface area contributed by atoms with E-state index in [1.807, 2.05) is 18.2 Å². The molecule has 0 unspecified atom stereocenters. The lowest BCUT2D eigenvalue weighted by Gasteiger charge is -2.39. The predicted octanol–water partition coefficient (Wildman–Crippen LogP) is 4.55. The number of nitrogens with one attached hydrogen (secondary N) is 1. The van der Waals surface area contributed by atoms with Gasteiger partial charge in [0.2, 0.25) is 5.91 Å². The van der Waals surface area contributed by atoms with Crippen LogP contribution in [0, 0.1) is 17.2 Å². The van der Waals surface area contributed by atoms with Gasteiger partial charge in [0.1, 0.15) is 12.4 Å². The van der Waals surface area contributed by atoms with E-state index in [0.717, 1.165) is 38.5 Å². The molecular formula is C26H26F3N3O2. The molecule has 0 radical (unpaired) electrons. The van der Waals surface area contributed by atoms with Gasteiger partial charge in [-0.15, -0.1) is 0 Å². The summed E-state index contributed by atoms with van der Waals surface area (Å²) < 4.78 is 44.8. The van der Waals surface area contributed by atoms with Crippen LogP contribution >= 0.6 is 0 Å². The number of aryl methyl sites for hydroxylation is 1. The lowest BCUT2D eigenvalue weighted by molar-refractivity contribution is -0.137. The van der Waals surface area contributed by atoms with Gasteiger partial charge >= 0.3 is 6.18 Å². The first kappa shape index (κ1) is 23.8. The van der Waals surface area contributed by atoms with Crippen LogP contribution in [-0.2, 0) is 24.0 Å². The smallest absolute Gasteiger partial charge is 0.417 e. The van der Waals surface area contributed by atoms with Crippen LogP contribution in [0.15, 0.2) is 42.0 Å². The molecule has 34 heavy (non-hydrogen) atoms. The normalized spacial score (nSPS) is 16.5. The van der Waals surface area contributed by atoms with Gasteiger partial charge in [-0.3, -0.25) is 9.69 Å². The van der Waals surface area contributed by atoms with E-state index in [1.165, 1.54) is 34.4 Å². The Morgan fingerprint density at radius 2 is 1.97 bits per heavy atom. The second kappa shape index (κ2) is 9.51. The fourth-order valence-electron chi connectivity index (χ4n) is 4.62. The van der Waals surface area contributed by atoms with E-state index in [9.17, 15) is 18.0 Å². The molecule has 2 aromatic rings. The standard InChI is InChI=1S/C26H26F3N3O2/c1-16-19(12-32-13-21(14-32)25(33)31-2)5-4-18-10-22(6-7-23(16)18)34-15-17-3-8-24(26(27,28)29)20(9-17)11-30/h3,6-10,21H,4-5,12-15H2,1-2H3,(H,31,33). The average Bonchev–Trinajstić information content (AvgIpc) is 2.79. The Kier molecular flexibility index (Phi) is 6.67. The highest BCUT2D eigenvalue weighted by Crippen LogP contribution is 2.35. The van der Waals surface area contributed by atoms with Crippen molar-refractivity contribution >= 4 is 11.5 Å². The number of nitrogens with zero attached hydrogens (tertiary/aromatic N) is 2. The monoisotopic (exact) mass is 469 g/mol. The predicted molar refractivity (Wildman–Crippen MR) is 122 cm³/mol. The van der Waals surface area contributed by atoms with Crippen LogP contribution in [-0.4, -0.2) is 37.5 Å². The van der Waals surface area contributed by atoms with Gasteiger partial charge in [0.15, 0.2) is 0 Å². The third kappa shape index (κ3) is 4.95. The van der Waals surface area contributed by atoms with Crippen molar-refractivity contribution in [3.05, 3.63) is 69.8 Å². The molecule has 1 aliphatic carbocycles. The van der Waals surface area contributed by atoms with Crippen LogP contribution in [0.2, 0.25) is 0 Å². The summed E-state index contributed by atoms with van der Waals surface area (Å²) in [4.78, 5) is 14.0. The molecule has 178 valence electrons. The molecule has 4 rings (SSSR count). The van der Waals surface area contributed by atoms with Crippen molar-refractivity contribution in [2.75, 3.05) is 26.7 Å². The molecule has 0 aromatic heterocycles. The number of likely N-dealkylation sites (tertiary alicyclic amines) is 1. The first-order valence-electron chi connectivity index (χ1n) is 11.2. The first-order valence-corrected chi connectivity index (χ1v) is 11.2. The lowest BCUT2D eigenvalue weighted by atomic mass is 9.85. The molecular weight excluding hydrogens is 443 g/mol. The molecule has 2 aliphatic rings. The molecule has 1 N–H and O–H groups in total. The molecule has 5 nitrogen and oxygen atoms in total. The van der Waals surface area contributed by atoms with Gasteiger partial charge < -0.3 is 10.1 Å². The van der Waals surface area contributed by atoms with E-state index in [1.54, 1.807) is 13.1 Å². The van der Waals surface area contributed by atoms with Crippen LogP contribution in [0.4, 0.5) is 13.2 Å². The van der Waals surface area contributed by atoms with E-state index in [0.29, 0.717) is 11.3 Å². The molecule has 1 saturated heterocycles. The van der Waals surface area contributed by atoms with Gasteiger partial charge in [-0.1, -0.05) is 17.7 Å². The van der Waals surface area contributed by atoms with Crippen molar-refractivity contribution in [1.29, 1.82) is 5.26 Å². The van der Waals surface area contributed by atoms with E-state index < -0.39 is 17.3 Å². The fourth-order valence-corrected chi connectivity index (χ4v) is 4.62. The Bertz CT molecular complexity index is 1170. The van der Waals surface area contributed by atoms with E-state index in [2.05, 4.69) is 17.1 Å². The molecule has 0 atom stereocenters. The maximum Gasteiger partial charge on any atom is 0.417 e. The van der Waals surface area contributed by atoms with E-state index in [-0.39, 0.29) is 18.4 Å². The van der Waals surface area contributed by atoms with E-state index >= 15 is 0 Å². The second-order valence-electron chi connectivity index (χ2n) is 8.83. The summed E-state index contributed by atoms with van der Waals surface area (Å²) in [5.41, 5.74) is 4.14. The minimum absolute atomic E-state index is 0.0765. The highest BCUT2D eigenvalue weighted by molar-refractivity contribution is 5.79. The number of alkyl halides is 3. The van der Waals surface area contributed by atoms with Gasteiger partial charge in [-0.2, -0.15) is 18.4 Å². The Morgan fingerprint density at radius 3 is 2.65 bits per heavy atom. The SMILES string of the molecule is CNC(=O)C1CN(CC2=C(C)c3ccc(OCc4ccc(C(F)(F)F)c(C#N)c4)cc3CC2)C1. The van der Waals surface area contributed by atoms with Crippen molar-refractivity contribution < 1.29 is 22.7 Å². The summed E-state index contributed by atoms with van der Waals surface area (Å²) in [5.74, 6) is 0.823. The van der Waals surface area contributed by atoms with Crippen LogP contribution in [0.5, 0.6) is 5.75 Å². The molecule has 1 aliphatic heterocycles. The maximum absolute atomic E-state index is 13.0. The molecule has 2 aromatic carbocycles. The number of ether oxygens (including phenoxy) is 1. The summed E-state index contributed by atoms with van der Waals surface area (Å²) in [7, 11) is 1.67. The third-order valence-electron chi connectivity index (χ3n) is 6.61. The quantitative estimate of drug-likeness (QED) is 0.674. The number of nitriles is 1. The molecule has 0 bridgehead atoms. The Hall–Kier alpha value is -3.31. The number of hydrogen-bond acceptors (Lipinski definition) is 4. The van der Waals surface area contributed by atoms with Crippen molar-refractivity contribution in [2.24, 2.45) is 5.92 Å². The van der Waals surface area contributed by atoms with Gasteiger partial charge in [-0.25, -0.2) is 0 Å². The number of rotatable bonds is 6. The summed E-state index contributed by atoms with van der Waals surface area (Å²) in [6, 6.07) is 11.0. The molecule has 0 saturated carbocycles. The Morgan fingerprint density at radius 1 is 1.21 bits per heavy atom. The summed E-state index contributed by atoms with van der Waals surface area (Å²) in [5, 5.41) is 11.8. The van der Waals surface area contributed by atoms with Crippen LogP contribution in [0.3, 0.4) is 0 Å². The van der Waals surface area contributed by atoms with Gasteiger partial charge in [0.05, 0.1) is 23.1 Å². The molecule has 8 heteroatoms. The zero-order chi connectivity index (χ0) is 24.5. The summed E-state index contributed by atoms with van der Waals surface area (Å²) in [6.45, 7) is 4.63. The summed E-state index contributed by atoms with van der Waals surface area (Å²) in [6.07, 6.45) is -2.74. The average molecular weight is 470 g/mol. The van der Waals surface area contributed by atoms with Crippen molar-refractivity contribution in [1.82, 2.24) is 10.2 Å². The molecule has 1 amide bonds. The number of allylic oxidation sites excluding steroid dienone is 1. The highest BCUT2D eigenvalue weighted by Gasteiger charge is 2.34. The second-order valence-corrected chi connectivity index (χ2v) is 8.83. The topological polar surface area (TPSA) is 65.4 Å².